The average Bonchev–Trinajstić information content (AvgIpc) is 2.90. The number of aromatic nitrogens is 1. The Bertz CT molecular complexity index is 792. The summed E-state index contributed by atoms with van der Waals surface area (Å²) in [7, 11) is 1.63. The summed E-state index contributed by atoms with van der Waals surface area (Å²) in [5.41, 5.74) is 2.98. The molecule has 0 spiro atoms. The van der Waals surface area contributed by atoms with Crippen LogP contribution in [0.3, 0.4) is 0 Å². The third kappa shape index (κ3) is 3.95. The molecule has 2 amide bonds. The molecule has 2 rings (SSSR count). The number of aryl methyl sites for hydroxylation is 1. The van der Waals surface area contributed by atoms with Gasteiger partial charge < -0.3 is 14.4 Å². The Labute approximate surface area is 154 Å². The molecule has 0 aliphatic rings. The van der Waals surface area contributed by atoms with E-state index in [0.29, 0.717) is 18.7 Å². The highest BCUT2D eigenvalue weighted by molar-refractivity contribution is 5.97. The maximum Gasteiger partial charge on any atom is 0.255 e. The molecule has 1 aromatic heterocycles. The molecule has 5 nitrogen and oxygen atoms in total. The van der Waals surface area contributed by atoms with E-state index in [9.17, 15) is 14.0 Å². The van der Waals surface area contributed by atoms with Crippen molar-refractivity contribution in [3.8, 4) is 5.69 Å². The highest BCUT2D eigenvalue weighted by Crippen LogP contribution is 2.22. The van der Waals surface area contributed by atoms with E-state index in [1.807, 2.05) is 32.3 Å². The highest BCUT2D eigenvalue weighted by Gasteiger charge is 2.22. The Morgan fingerprint density at radius 1 is 1.08 bits per heavy atom. The van der Waals surface area contributed by atoms with Crippen molar-refractivity contribution in [2.45, 2.75) is 27.7 Å². The zero-order valence-electron chi connectivity index (χ0n) is 16.0. The van der Waals surface area contributed by atoms with Crippen LogP contribution in [0.4, 0.5) is 4.39 Å². The summed E-state index contributed by atoms with van der Waals surface area (Å²) in [6, 6.07) is 7.95. The van der Waals surface area contributed by atoms with Crippen LogP contribution in [0.25, 0.3) is 5.69 Å². The van der Waals surface area contributed by atoms with E-state index >= 15 is 0 Å². The Hall–Kier alpha value is -2.63. The Morgan fingerprint density at radius 3 is 2.19 bits per heavy atom. The molecular formula is C20H26FN3O2. The molecule has 0 unspecified atom stereocenters. The van der Waals surface area contributed by atoms with Gasteiger partial charge in [-0.25, -0.2) is 4.39 Å². The molecule has 0 N–H and O–H groups in total. The molecule has 6 heteroatoms. The third-order valence-corrected chi connectivity index (χ3v) is 4.58. The summed E-state index contributed by atoms with van der Waals surface area (Å²) >= 11 is 0. The summed E-state index contributed by atoms with van der Waals surface area (Å²) in [4.78, 5) is 28.2. The summed E-state index contributed by atoms with van der Waals surface area (Å²) < 4.78 is 15.1. The molecule has 0 atom stereocenters. The van der Waals surface area contributed by atoms with Gasteiger partial charge in [-0.2, -0.15) is 0 Å². The first-order valence-electron chi connectivity index (χ1n) is 8.78. The highest BCUT2D eigenvalue weighted by atomic mass is 19.1. The number of rotatable bonds is 6. The number of hydrogen-bond donors (Lipinski definition) is 0. The van der Waals surface area contributed by atoms with E-state index in [-0.39, 0.29) is 24.2 Å². The van der Waals surface area contributed by atoms with Crippen molar-refractivity contribution >= 4 is 11.8 Å². The predicted molar refractivity (Wildman–Crippen MR) is 100 cm³/mol. The molecule has 0 saturated heterocycles. The largest absolute Gasteiger partial charge is 0.342 e. The van der Waals surface area contributed by atoms with Crippen LogP contribution in [-0.4, -0.2) is 52.9 Å². The summed E-state index contributed by atoms with van der Waals surface area (Å²) in [5.74, 6) is -0.577. The number of hydrogen-bond acceptors (Lipinski definition) is 2. The predicted octanol–water partition coefficient (Wildman–Crippen LogP) is 3.17. The lowest BCUT2D eigenvalue weighted by atomic mass is 10.2. The Morgan fingerprint density at radius 2 is 1.65 bits per heavy atom. The SMILES string of the molecule is CCN(CC)C(=O)CN(C)C(=O)c1cc(C)n(-c2ccc(F)cc2)c1C. The summed E-state index contributed by atoms with van der Waals surface area (Å²) in [5, 5.41) is 0. The van der Waals surface area contributed by atoms with Crippen molar-refractivity contribution in [1.82, 2.24) is 14.4 Å². The van der Waals surface area contributed by atoms with Crippen molar-refractivity contribution < 1.29 is 14.0 Å². The zero-order chi connectivity index (χ0) is 19.4. The lowest BCUT2D eigenvalue weighted by Gasteiger charge is -2.23. The van der Waals surface area contributed by atoms with Gasteiger partial charge in [0.25, 0.3) is 5.91 Å². The third-order valence-electron chi connectivity index (χ3n) is 4.58. The lowest BCUT2D eigenvalue weighted by molar-refractivity contribution is -0.131. The first kappa shape index (κ1) is 19.7. The van der Waals surface area contributed by atoms with Gasteiger partial charge in [0.2, 0.25) is 5.91 Å². The zero-order valence-corrected chi connectivity index (χ0v) is 16.0. The maximum absolute atomic E-state index is 13.2. The standard InChI is InChI=1S/C20H26FN3O2/c1-6-23(7-2)19(25)13-22(5)20(26)18-12-14(3)24(15(18)4)17-10-8-16(21)9-11-17/h8-12H,6-7,13H2,1-5H3. The fourth-order valence-electron chi connectivity index (χ4n) is 3.12. The van der Waals surface area contributed by atoms with E-state index in [4.69, 9.17) is 0 Å². The number of carbonyl (C=O) groups is 2. The molecule has 0 saturated carbocycles. The number of likely N-dealkylation sites (N-methyl/N-ethyl adjacent to an activating group) is 2. The smallest absolute Gasteiger partial charge is 0.255 e. The average molecular weight is 359 g/mol. The van der Waals surface area contributed by atoms with Gasteiger partial charge in [0, 0.05) is 37.2 Å². The van der Waals surface area contributed by atoms with Crippen molar-refractivity contribution in [2.75, 3.05) is 26.7 Å². The molecule has 26 heavy (non-hydrogen) atoms. The maximum atomic E-state index is 13.2. The van der Waals surface area contributed by atoms with Gasteiger partial charge in [0.15, 0.2) is 0 Å². The first-order chi connectivity index (χ1) is 12.3. The molecule has 0 radical (unpaired) electrons. The number of halogens is 1. The van der Waals surface area contributed by atoms with Crippen LogP contribution in [0.15, 0.2) is 30.3 Å². The van der Waals surface area contributed by atoms with Crippen molar-refractivity contribution in [1.29, 1.82) is 0 Å². The quantitative estimate of drug-likeness (QED) is 0.795. The topological polar surface area (TPSA) is 45.6 Å². The van der Waals surface area contributed by atoms with Crippen LogP contribution in [0, 0.1) is 19.7 Å². The van der Waals surface area contributed by atoms with Crippen molar-refractivity contribution in [2.24, 2.45) is 0 Å². The number of amides is 2. The minimum atomic E-state index is -0.304. The second kappa shape index (κ2) is 8.17. The number of carbonyl (C=O) groups excluding carboxylic acids is 2. The molecule has 0 aliphatic heterocycles. The van der Waals surface area contributed by atoms with Crippen LogP contribution >= 0.6 is 0 Å². The molecule has 0 bridgehead atoms. The van der Waals surface area contributed by atoms with Gasteiger partial charge in [-0.05, 0) is 58.0 Å². The van der Waals surface area contributed by atoms with Gasteiger partial charge in [0.05, 0.1) is 12.1 Å². The monoisotopic (exact) mass is 359 g/mol. The van der Waals surface area contributed by atoms with E-state index in [1.165, 1.54) is 17.0 Å². The second-order valence-corrected chi connectivity index (χ2v) is 6.32. The van der Waals surface area contributed by atoms with Crippen LogP contribution in [-0.2, 0) is 4.79 Å². The molecule has 0 fully saturated rings. The fourth-order valence-corrected chi connectivity index (χ4v) is 3.12. The molecular weight excluding hydrogens is 333 g/mol. The van der Waals surface area contributed by atoms with Gasteiger partial charge in [0.1, 0.15) is 5.82 Å². The first-order valence-corrected chi connectivity index (χ1v) is 8.78. The minimum absolute atomic E-state index is 0.0424. The van der Waals surface area contributed by atoms with Gasteiger partial charge in [-0.15, -0.1) is 0 Å². The molecule has 0 aliphatic carbocycles. The van der Waals surface area contributed by atoms with E-state index in [2.05, 4.69) is 0 Å². The van der Waals surface area contributed by atoms with Crippen molar-refractivity contribution in [3.63, 3.8) is 0 Å². The molecule has 1 heterocycles. The molecule has 140 valence electrons. The number of benzene rings is 1. The number of nitrogens with zero attached hydrogens (tertiary/aromatic N) is 3. The van der Waals surface area contributed by atoms with Crippen LogP contribution < -0.4 is 0 Å². The Kier molecular flexibility index (Phi) is 6.18. The Balaban J connectivity index is 2.26. The van der Waals surface area contributed by atoms with Crippen molar-refractivity contribution in [3.05, 3.63) is 53.1 Å². The van der Waals surface area contributed by atoms with E-state index < -0.39 is 0 Å². The normalized spacial score (nSPS) is 10.7. The lowest BCUT2D eigenvalue weighted by Crippen LogP contribution is -2.41. The molecule has 1 aromatic carbocycles. The fraction of sp³-hybridized carbons (Fsp3) is 0.400. The van der Waals surface area contributed by atoms with Crippen LogP contribution in [0.2, 0.25) is 0 Å². The second-order valence-electron chi connectivity index (χ2n) is 6.32. The van der Waals surface area contributed by atoms with Gasteiger partial charge in [-0.1, -0.05) is 0 Å². The summed E-state index contributed by atoms with van der Waals surface area (Å²) in [6.45, 7) is 8.87. The minimum Gasteiger partial charge on any atom is -0.342 e. The summed E-state index contributed by atoms with van der Waals surface area (Å²) in [6.07, 6.45) is 0. The van der Waals surface area contributed by atoms with Gasteiger partial charge >= 0.3 is 0 Å². The van der Waals surface area contributed by atoms with E-state index in [0.717, 1.165) is 17.1 Å². The van der Waals surface area contributed by atoms with E-state index in [1.54, 1.807) is 30.1 Å². The molecule has 2 aromatic rings. The van der Waals surface area contributed by atoms with Crippen LogP contribution in [0.1, 0.15) is 35.6 Å². The van der Waals surface area contributed by atoms with Gasteiger partial charge in [-0.3, -0.25) is 9.59 Å². The van der Waals surface area contributed by atoms with Crippen LogP contribution in [0.5, 0.6) is 0 Å².